The summed E-state index contributed by atoms with van der Waals surface area (Å²) in [5.41, 5.74) is 0.734. The monoisotopic (exact) mass is 291 g/mol. The summed E-state index contributed by atoms with van der Waals surface area (Å²) in [7, 11) is 0. The van der Waals surface area contributed by atoms with Gasteiger partial charge in [0.2, 0.25) is 0 Å². The van der Waals surface area contributed by atoms with Gasteiger partial charge in [0.15, 0.2) is 0 Å². The number of benzene rings is 1. The first-order valence-corrected chi connectivity index (χ1v) is 6.24. The van der Waals surface area contributed by atoms with E-state index in [1.165, 1.54) is 18.2 Å². The maximum Gasteiger partial charge on any atom is 0.285 e. The molecule has 0 unspecified atom stereocenters. The molecule has 0 aliphatic heterocycles. The van der Waals surface area contributed by atoms with Crippen LogP contribution in [0.3, 0.4) is 0 Å². The number of aromatic nitrogens is 2. The van der Waals surface area contributed by atoms with Crippen LogP contribution < -0.4 is 5.56 Å². The van der Waals surface area contributed by atoms with Gasteiger partial charge in [0, 0.05) is 10.6 Å². The second-order valence-corrected chi connectivity index (χ2v) is 4.77. The predicted octanol–water partition coefficient (Wildman–Crippen LogP) is 2.57. The highest BCUT2D eigenvalue weighted by atomic mass is 35.5. The molecule has 1 aromatic heterocycles. The van der Waals surface area contributed by atoms with E-state index in [9.17, 15) is 9.18 Å². The van der Waals surface area contributed by atoms with Crippen LogP contribution in [-0.2, 0) is 6.54 Å². The molecular weight excluding hydrogens is 281 g/mol. The summed E-state index contributed by atoms with van der Waals surface area (Å²) in [5.74, 6) is -0.511. The van der Waals surface area contributed by atoms with Gasteiger partial charge in [0.1, 0.15) is 17.4 Å². The molecule has 0 fully saturated rings. The lowest BCUT2D eigenvalue weighted by Crippen LogP contribution is -2.28. The Kier molecular flexibility index (Phi) is 3.86. The fourth-order valence-electron chi connectivity index (χ4n) is 1.84. The summed E-state index contributed by atoms with van der Waals surface area (Å²) in [6.45, 7) is 3.23. The molecule has 0 saturated heterocycles. The van der Waals surface area contributed by atoms with Crippen molar-refractivity contribution in [3.05, 3.63) is 61.8 Å². The number of aryl methyl sites for hydroxylation is 1. The average Bonchev–Trinajstić information content (AvgIpc) is 2.40. The van der Waals surface area contributed by atoms with E-state index in [2.05, 4.69) is 5.10 Å². The Labute approximate surface area is 120 Å². The third-order valence-corrected chi connectivity index (χ3v) is 3.47. The van der Waals surface area contributed by atoms with Crippen LogP contribution in [0.1, 0.15) is 22.4 Å². The Bertz CT molecular complexity index is 757. The molecule has 0 radical (unpaired) electrons. The van der Waals surface area contributed by atoms with Crippen molar-refractivity contribution < 1.29 is 4.39 Å². The Balaban J connectivity index is 2.59. The van der Waals surface area contributed by atoms with Crippen molar-refractivity contribution in [1.29, 1.82) is 5.26 Å². The second kappa shape index (κ2) is 5.43. The van der Waals surface area contributed by atoms with Gasteiger partial charge in [-0.15, -0.1) is 0 Å². The highest BCUT2D eigenvalue weighted by molar-refractivity contribution is 6.31. The Morgan fingerprint density at radius 3 is 2.75 bits per heavy atom. The third kappa shape index (κ3) is 2.43. The van der Waals surface area contributed by atoms with E-state index < -0.39 is 11.4 Å². The molecule has 0 saturated carbocycles. The van der Waals surface area contributed by atoms with Gasteiger partial charge in [-0.1, -0.05) is 17.7 Å². The molecular formula is C14H11ClFN3O. The lowest BCUT2D eigenvalue weighted by Gasteiger charge is -2.10. The molecule has 0 N–H and O–H groups in total. The summed E-state index contributed by atoms with van der Waals surface area (Å²) < 4.78 is 14.8. The lowest BCUT2D eigenvalue weighted by atomic mass is 10.1. The smallest absolute Gasteiger partial charge is 0.266 e. The Hall–Kier alpha value is -2.19. The lowest BCUT2D eigenvalue weighted by molar-refractivity contribution is 0.567. The fourth-order valence-corrected chi connectivity index (χ4v) is 2.07. The molecule has 4 nitrogen and oxygen atoms in total. The molecule has 1 aromatic carbocycles. The van der Waals surface area contributed by atoms with E-state index in [0.717, 1.165) is 4.68 Å². The molecule has 6 heteroatoms. The first-order chi connectivity index (χ1) is 9.45. The number of halogens is 2. The van der Waals surface area contributed by atoms with E-state index in [1.807, 2.05) is 6.07 Å². The molecule has 102 valence electrons. The molecule has 0 bridgehead atoms. The van der Waals surface area contributed by atoms with E-state index in [4.69, 9.17) is 16.9 Å². The number of hydrogen-bond donors (Lipinski definition) is 0. The molecule has 0 aliphatic carbocycles. The first kappa shape index (κ1) is 14.2. The van der Waals surface area contributed by atoms with Crippen LogP contribution in [0.5, 0.6) is 0 Å². The summed E-state index contributed by atoms with van der Waals surface area (Å²) >= 11 is 5.93. The average molecular weight is 292 g/mol. The van der Waals surface area contributed by atoms with Crippen LogP contribution in [0.2, 0.25) is 5.02 Å². The van der Waals surface area contributed by atoms with Crippen molar-refractivity contribution in [1.82, 2.24) is 9.78 Å². The van der Waals surface area contributed by atoms with Crippen LogP contribution in [-0.4, -0.2) is 9.78 Å². The third-order valence-electron chi connectivity index (χ3n) is 3.12. The van der Waals surface area contributed by atoms with Crippen LogP contribution in [0.15, 0.2) is 23.0 Å². The van der Waals surface area contributed by atoms with Gasteiger partial charge in [-0.3, -0.25) is 4.79 Å². The van der Waals surface area contributed by atoms with Crippen molar-refractivity contribution in [2.45, 2.75) is 20.4 Å². The number of nitrogens with zero attached hydrogens (tertiary/aromatic N) is 3. The van der Waals surface area contributed by atoms with Crippen molar-refractivity contribution in [3.8, 4) is 6.07 Å². The molecule has 0 aliphatic rings. The van der Waals surface area contributed by atoms with Crippen LogP contribution >= 0.6 is 11.6 Å². The summed E-state index contributed by atoms with van der Waals surface area (Å²) in [6.07, 6.45) is 0. The van der Waals surface area contributed by atoms with E-state index in [0.29, 0.717) is 11.3 Å². The standard InChI is InChI=1S/C14H11ClFN3O/c1-8-9(2)18-19(14(20)10(8)6-17)7-11-12(15)4-3-5-13(11)16/h3-5H,7H2,1-2H3. The first-order valence-electron chi connectivity index (χ1n) is 5.87. The molecule has 1 heterocycles. The normalized spacial score (nSPS) is 10.3. The number of rotatable bonds is 2. The zero-order valence-electron chi connectivity index (χ0n) is 10.9. The van der Waals surface area contributed by atoms with E-state index >= 15 is 0 Å². The van der Waals surface area contributed by atoms with Crippen molar-refractivity contribution in [3.63, 3.8) is 0 Å². The maximum atomic E-state index is 13.7. The minimum absolute atomic E-state index is 0.0185. The van der Waals surface area contributed by atoms with Gasteiger partial charge < -0.3 is 0 Å². The van der Waals surface area contributed by atoms with Crippen molar-refractivity contribution >= 4 is 11.6 Å². The summed E-state index contributed by atoms with van der Waals surface area (Å²) in [6, 6.07) is 6.15. The number of nitriles is 1. The van der Waals surface area contributed by atoms with Crippen molar-refractivity contribution in [2.24, 2.45) is 0 Å². The van der Waals surface area contributed by atoms with Gasteiger partial charge in [-0.25, -0.2) is 9.07 Å². The topological polar surface area (TPSA) is 58.7 Å². The predicted molar refractivity (Wildman–Crippen MR) is 73.2 cm³/mol. The van der Waals surface area contributed by atoms with Crippen LogP contribution in [0.4, 0.5) is 4.39 Å². The molecule has 2 rings (SSSR count). The number of hydrogen-bond acceptors (Lipinski definition) is 3. The van der Waals surface area contributed by atoms with E-state index in [-0.39, 0.29) is 22.7 Å². The Morgan fingerprint density at radius 1 is 1.45 bits per heavy atom. The molecule has 0 atom stereocenters. The highest BCUT2D eigenvalue weighted by Crippen LogP contribution is 2.19. The second-order valence-electron chi connectivity index (χ2n) is 4.36. The minimum atomic E-state index is -0.546. The SMILES string of the molecule is Cc1nn(Cc2c(F)cccc2Cl)c(=O)c(C#N)c1C. The quantitative estimate of drug-likeness (QED) is 0.854. The largest absolute Gasteiger partial charge is 0.285 e. The van der Waals surface area contributed by atoms with Crippen LogP contribution in [0, 0.1) is 31.0 Å². The van der Waals surface area contributed by atoms with E-state index in [1.54, 1.807) is 13.8 Å². The zero-order chi connectivity index (χ0) is 14.9. The van der Waals surface area contributed by atoms with Gasteiger partial charge in [-0.05, 0) is 31.5 Å². The maximum absolute atomic E-state index is 13.7. The fraction of sp³-hybridized carbons (Fsp3) is 0.214. The molecule has 2 aromatic rings. The highest BCUT2D eigenvalue weighted by Gasteiger charge is 2.14. The summed E-state index contributed by atoms with van der Waals surface area (Å²) in [4.78, 5) is 12.1. The molecule has 0 spiro atoms. The van der Waals surface area contributed by atoms with Gasteiger partial charge >= 0.3 is 0 Å². The minimum Gasteiger partial charge on any atom is -0.266 e. The van der Waals surface area contributed by atoms with Gasteiger partial charge in [-0.2, -0.15) is 10.4 Å². The van der Waals surface area contributed by atoms with Gasteiger partial charge in [0.25, 0.3) is 5.56 Å². The Morgan fingerprint density at radius 2 is 2.15 bits per heavy atom. The molecule has 20 heavy (non-hydrogen) atoms. The van der Waals surface area contributed by atoms with Crippen LogP contribution in [0.25, 0.3) is 0 Å². The molecule has 0 amide bonds. The summed E-state index contributed by atoms with van der Waals surface area (Å²) in [5, 5.41) is 13.3. The zero-order valence-corrected chi connectivity index (χ0v) is 11.7. The van der Waals surface area contributed by atoms with Gasteiger partial charge in [0.05, 0.1) is 12.2 Å². The van der Waals surface area contributed by atoms with Crippen molar-refractivity contribution in [2.75, 3.05) is 0 Å².